The summed E-state index contributed by atoms with van der Waals surface area (Å²) in [6.07, 6.45) is 3.36. The van der Waals surface area contributed by atoms with Crippen LogP contribution in [0.2, 0.25) is 0 Å². The van der Waals surface area contributed by atoms with E-state index in [0.717, 1.165) is 6.42 Å². The minimum atomic E-state index is 1.11. The molecule has 0 heterocycles. The van der Waals surface area contributed by atoms with Crippen LogP contribution in [-0.4, -0.2) is 0 Å². The zero-order valence-corrected chi connectivity index (χ0v) is 10.6. The fourth-order valence-electron chi connectivity index (χ4n) is 0.887. The Bertz CT molecular complexity index is 243. The van der Waals surface area contributed by atoms with Crippen molar-refractivity contribution in [1.82, 2.24) is 0 Å². The molecule has 0 fully saturated rings. The minimum absolute atomic E-state index is 1.11. The molecular formula is C9H9I2. The molecule has 0 N–H and O–H groups in total. The SMILES string of the molecule is CC[CH]c1ccc(I)cc1I. The lowest BCUT2D eigenvalue weighted by Crippen LogP contribution is -1.85. The van der Waals surface area contributed by atoms with Crippen LogP contribution in [0.15, 0.2) is 18.2 Å². The first-order valence-corrected chi connectivity index (χ1v) is 5.68. The molecule has 2 heteroatoms. The van der Waals surface area contributed by atoms with E-state index in [1.807, 2.05) is 0 Å². The molecule has 0 saturated heterocycles. The van der Waals surface area contributed by atoms with Crippen molar-refractivity contribution in [2.75, 3.05) is 0 Å². The number of benzene rings is 1. The monoisotopic (exact) mass is 371 g/mol. The van der Waals surface area contributed by atoms with E-state index in [4.69, 9.17) is 0 Å². The summed E-state index contributed by atoms with van der Waals surface area (Å²) in [6, 6.07) is 6.51. The Morgan fingerprint density at radius 1 is 1.36 bits per heavy atom. The van der Waals surface area contributed by atoms with Gasteiger partial charge >= 0.3 is 0 Å². The Hall–Kier alpha value is 0.680. The van der Waals surface area contributed by atoms with Gasteiger partial charge in [0.2, 0.25) is 0 Å². The van der Waals surface area contributed by atoms with Gasteiger partial charge in [0.05, 0.1) is 0 Å². The molecule has 0 amide bonds. The Balaban J connectivity index is 2.90. The average Bonchev–Trinajstić information content (AvgIpc) is 1.95. The zero-order valence-electron chi connectivity index (χ0n) is 6.27. The Kier molecular flexibility index (Phi) is 4.12. The first-order chi connectivity index (χ1) is 5.24. The van der Waals surface area contributed by atoms with Crippen molar-refractivity contribution in [3.05, 3.63) is 37.3 Å². The molecule has 11 heavy (non-hydrogen) atoms. The molecule has 1 aromatic carbocycles. The maximum Gasteiger partial charge on any atom is 0.0175 e. The summed E-state index contributed by atoms with van der Waals surface area (Å²) in [5.41, 5.74) is 1.36. The van der Waals surface area contributed by atoms with Crippen LogP contribution >= 0.6 is 45.2 Å². The highest BCUT2D eigenvalue weighted by Gasteiger charge is 1.98. The van der Waals surface area contributed by atoms with E-state index >= 15 is 0 Å². The van der Waals surface area contributed by atoms with E-state index in [1.165, 1.54) is 12.7 Å². The molecule has 0 unspecified atom stereocenters. The third kappa shape index (κ3) is 2.89. The molecular weight excluding hydrogens is 362 g/mol. The third-order valence-electron chi connectivity index (χ3n) is 1.39. The largest absolute Gasteiger partial charge is 0.0648 e. The summed E-state index contributed by atoms with van der Waals surface area (Å²) in [6.45, 7) is 2.16. The molecule has 0 atom stereocenters. The van der Waals surface area contributed by atoms with Crippen molar-refractivity contribution in [2.45, 2.75) is 13.3 Å². The van der Waals surface area contributed by atoms with Gasteiger partial charge in [-0.1, -0.05) is 13.0 Å². The summed E-state index contributed by atoms with van der Waals surface area (Å²) in [4.78, 5) is 0. The summed E-state index contributed by atoms with van der Waals surface area (Å²) in [5.74, 6) is 0. The van der Waals surface area contributed by atoms with Gasteiger partial charge in [-0.15, -0.1) is 0 Å². The molecule has 1 radical (unpaired) electrons. The van der Waals surface area contributed by atoms with Crippen LogP contribution in [0.25, 0.3) is 0 Å². The molecule has 59 valence electrons. The van der Waals surface area contributed by atoms with Crippen LogP contribution < -0.4 is 0 Å². The topological polar surface area (TPSA) is 0 Å². The molecule has 1 rings (SSSR count). The molecule has 0 aliphatic carbocycles. The quantitative estimate of drug-likeness (QED) is 0.693. The number of rotatable bonds is 2. The molecule has 0 nitrogen and oxygen atoms in total. The fourth-order valence-corrected chi connectivity index (χ4v) is 2.71. The van der Waals surface area contributed by atoms with E-state index in [9.17, 15) is 0 Å². The first-order valence-electron chi connectivity index (χ1n) is 3.52. The molecule has 0 bridgehead atoms. The lowest BCUT2D eigenvalue weighted by molar-refractivity contribution is 1.11. The van der Waals surface area contributed by atoms with E-state index in [-0.39, 0.29) is 0 Å². The van der Waals surface area contributed by atoms with Gasteiger partial charge in [0.15, 0.2) is 0 Å². The van der Waals surface area contributed by atoms with Gasteiger partial charge in [0.1, 0.15) is 0 Å². The van der Waals surface area contributed by atoms with Gasteiger partial charge in [0.25, 0.3) is 0 Å². The van der Waals surface area contributed by atoms with E-state index in [0.29, 0.717) is 0 Å². The van der Waals surface area contributed by atoms with E-state index in [2.05, 4.69) is 76.7 Å². The van der Waals surface area contributed by atoms with Crippen molar-refractivity contribution in [3.8, 4) is 0 Å². The molecule has 0 aliphatic heterocycles. The Labute approximate surface area is 95.0 Å². The minimum Gasteiger partial charge on any atom is -0.0648 e. The Morgan fingerprint density at radius 3 is 2.64 bits per heavy atom. The highest BCUT2D eigenvalue weighted by Crippen LogP contribution is 2.18. The predicted octanol–water partition coefficient (Wildman–Crippen LogP) is 3.86. The van der Waals surface area contributed by atoms with Crippen molar-refractivity contribution in [2.24, 2.45) is 0 Å². The van der Waals surface area contributed by atoms with Crippen LogP contribution in [0.3, 0.4) is 0 Å². The lowest BCUT2D eigenvalue weighted by Gasteiger charge is -2.01. The maximum absolute atomic E-state index is 2.37. The second-order valence-electron chi connectivity index (χ2n) is 2.28. The summed E-state index contributed by atoms with van der Waals surface area (Å²) >= 11 is 4.71. The molecule has 0 saturated carbocycles. The summed E-state index contributed by atoms with van der Waals surface area (Å²) < 4.78 is 2.65. The van der Waals surface area contributed by atoms with Gasteiger partial charge in [-0.25, -0.2) is 0 Å². The molecule has 1 aromatic rings. The summed E-state index contributed by atoms with van der Waals surface area (Å²) in [7, 11) is 0. The molecule has 0 aliphatic rings. The Morgan fingerprint density at radius 2 is 2.09 bits per heavy atom. The average molecular weight is 371 g/mol. The fraction of sp³-hybridized carbons (Fsp3) is 0.222. The van der Waals surface area contributed by atoms with Crippen molar-refractivity contribution < 1.29 is 0 Å². The third-order valence-corrected chi connectivity index (χ3v) is 2.99. The van der Waals surface area contributed by atoms with Gasteiger partial charge in [0, 0.05) is 7.14 Å². The van der Waals surface area contributed by atoms with E-state index in [1.54, 1.807) is 0 Å². The van der Waals surface area contributed by atoms with Crippen LogP contribution in [0, 0.1) is 13.6 Å². The summed E-state index contributed by atoms with van der Waals surface area (Å²) in [5, 5.41) is 0. The van der Waals surface area contributed by atoms with Crippen LogP contribution in [-0.2, 0) is 0 Å². The normalized spacial score (nSPS) is 10.1. The molecule has 0 spiro atoms. The van der Waals surface area contributed by atoms with E-state index < -0.39 is 0 Å². The lowest BCUT2D eigenvalue weighted by atomic mass is 10.1. The van der Waals surface area contributed by atoms with Crippen molar-refractivity contribution in [3.63, 3.8) is 0 Å². The zero-order chi connectivity index (χ0) is 8.27. The van der Waals surface area contributed by atoms with Gasteiger partial charge in [-0.05, 0) is 75.7 Å². The highest BCUT2D eigenvalue weighted by atomic mass is 127. The van der Waals surface area contributed by atoms with Crippen molar-refractivity contribution >= 4 is 45.2 Å². The van der Waals surface area contributed by atoms with Crippen LogP contribution in [0.4, 0.5) is 0 Å². The second-order valence-corrected chi connectivity index (χ2v) is 4.69. The first kappa shape index (κ1) is 9.77. The standard InChI is InChI=1S/C9H9I2/c1-2-3-7-4-5-8(10)6-9(7)11/h3-6H,2H2,1H3. The molecule has 0 aromatic heterocycles. The van der Waals surface area contributed by atoms with Gasteiger partial charge in [-0.2, -0.15) is 0 Å². The van der Waals surface area contributed by atoms with Crippen LogP contribution in [0.5, 0.6) is 0 Å². The number of halogens is 2. The highest BCUT2D eigenvalue weighted by molar-refractivity contribution is 14.1. The predicted molar refractivity (Wildman–Crippen MR) is 65.6 cm³/mol. The van der Waals surface area contributed by atoms with Crippen LogP contribution in [0.1, 0.15) is 18.9 Å². The van der Waals surface area contributed by atoms with Gasteiger partial charge < -0.3 is 0 Å². The van der Waals surface area contributed by atoms with Gasteiger partial charge in [-0.3, -0.25) is 0 Å². The second kappa shape index (κ2) is 4.64. The maximum atomic E-state index is 2.37. The number of hydrogen-bond donors (Lipinski definition) is 0. The van der Waals surface area contributed by atoms with Crippen molar-refractivity contribution in [1.29, 1.82) is 0 Å². The smallest absolute Gasteiger partial charge is 0.0175 e. The number of hydrogen-bond acceptors (Lipinski definition) is 0.